The zero-order valence-electron chi connectivity index (χ0n) is 11.4. The number of aliphatic hydroxyl groups is 1. The molecule has 1 N–H and O–H groups in total. The minimum atomic E-state index is 0.185. The lowest BCUT2D eigenvalue weighted by Gasteiger charge is -2.07. The molecule has 0 aliphatic rings. The van der Waals surface area contributed by atoms with Gasteiger partial charge in [-0.05, 0) is 59.5 Å². The smallest absolute Gasteiger partial charge is 0.0647 e. The van der Waals surface area contributed by atoms with Crippen LogP contribution in [0, 0.1) is 0 Å². The summed E-state index contributed by atoms with van der Waals surface area (Å²) in [6.45, 7) is 10.7. The highest BCUT2D eigenvalue weighted by molar-refractivity contribution is 5.17. The first kappa shape index (κ1) is 15.2. The van der Waals surface area contributed by atoms with E-state index < -0.39 is 0 Å². The van der Waals surface area contributed by atoms with Crippen LogP contribution >= 0.6 is 0 Å². The molecule has 0 fully saturated rings. The van der Waals surface area contributed by atoms with Crippen molar-refractivity contribution in [3.63, 3.8) is 0 Å². The molecule has 0 aliphatic heterocycles. The molecule has 0 aromatic heterocycles. The second kappa shape index (κ2) is 8.35. The van der Waals surface area contributed by atoms with Gasteiger partial charge < -0.3 is 5.11 Å². The summed E-state index contributed by atoms with van der Waals surface area (Å²) >= 11 is 0. The standard InChI is InChI=1S/C15H26O/c1-12(2)7-6-8-14(5)15(11-16)10-9-13(3)4/h7,9,16H,6,8,10-11H2,1-5H3/b15-14+. The topological polar surface area (TPSA) is 20.2 Å². The van der Waals surface area contributed by atoms with E-state index in [2.05, 4.69) is 46.8 Å². The molecule has 92 valence electrons. The van der Waals surface area contributed by atoms with Crippen LogP contribution in [0.3, 0.4) is 0 Å². The second-order valence-electron chi connectivity index (χ2n) is 4.85. The highest BCUT2D eigenvalue weighted by atomic mass is 16.3. The maximum atomic E-state index is 9.32. The van der Waals surface area contributed by atoms with Gasteiger partial charge in [-0.2, -0.15) is 0 Å². The Morgan fingerprint density at radius 2 is 1.50 bits per heavy atom. The molecular weight excluding hydrogens is 196 g/mol. The van der Waals surface area contributed by atoms with Crippen molar-refractivity contribution in [1.29, 1.82) is 0 Å². The van der Waals surface area contributed by atoms with Gasteiger partial charge in [-0.25, -0.2) is 0 Å². The lowest BCUT2D eigenvalue weighted by Crippen LogP contribution is -1.94. The van der Waals surface area contributed by atoms with Crippen molar-refractivity contribution in [2.45, 2.75) is 53.9 Å². The monoisotopic (exact) mass is 222 g/mol. The summed E-state index contributed by atoms with van der Waals surface area (Å²) in [4.78, 5) is 0. The third-order valence-corrected chi connectivity index (χ3v) is 2.62. The van der Waals surface area contributed by atoms with Crippen molar-refractivity contribution in [2.24, 2.45) is 0 Å². The molecule has 0 radical (unpaired) electrons. The molecule has 0 aliphatic carbocycles. The Morgan fingerprint density at radius 1 is 0.938 bits per heavy atom. The van der Waals surface area contributed by atoms with Crippen molar-refractivity contribution >= 4 is 0 Å². The van der Waals surface area contributed by atoms with E-state index >= 15 is 0 Å². The number of aliphatic hydroxyl groups excluding tert-OH is 1. The van der Waals surface area contributed by atoms with E-state index in [0.29, 0.717) is 0 Å². The fourth-order valence-corrected chi connectivity index (χ4v) is 1.46. The van der Waals surface area contributed by atoms with Crippen molar-refractivity contribution in [1.82, 2.24) is 0 Å². The second-order valence-corrected chi connectivity index (χ2v) is 4.85. The van der Waals surface area contributed by atoms with Crippen LogP contribution in [-0.4, -0.2) is 11.7 Å². The largest absolute Gasteiger partial charge is 0.392 e. The number of hydrogen-bond donors (Lipinski definition) is 1. The predicted octanol–water partition coefficient (Wildman–Crippen LogP) is 4.40. The fraction of sp³-hybridized carbons (Fsp3) is 0.600. The highest BCUT2D eigenvalue weighted by Gasteiger charge is 1.99. The Balaban J connectivity index is 4.38. The van der Waals surface area contributed by atoms with E-state index in [-0.39, 0.29) is 6.61 Å². The number of rotatable bonds is 6. The third kappa shape index (κ3) is 7.47. The van der Waals surface area contributed by atoms with Gasteiger partial charge in [0, 0.05) is 0 Å². The van der Waals surface area contributed by atoms with Gasteiger partial charge in [-0.1, -0.05) is 28.9 Å². The van der Waals surface area contributed by atoms with Crippen molar-refractivity contribution in [3.05, 3.63) is 34.4 Å². The van der Waals surface area contributed by atoms with Crippen LogP contribution in [0.2, 0.25) is 0 Å². The van der Waals surface area contributed by atoms with Crippen LogP contribution in [-0.2, 0) is 0 Å². The Hall–Kier alpha value is -0.820. The average molecular weight is 222 g/mol. The van der Waals surface area contributed by atoms with Gasteiger partial charge in [0.05, 0.1) is 6.61 Å². The summed E-state index contributed by atoms with van der Waals surface area (Å²) in [5.74, 6) is 0. The molecule has 0 heterocycles. The van der Waals surface area contributed by atoms with Crippen molar-refractivity contribution < 1.29 is 5.11 Å². The lowest BCUT2D eigenvalue weighted by molar-refractivity contribution is 0.327. The van der Waals surface area contributed by atoms with Gasteiger partial charge in [-0.3, -0.25) is 0 Å². The molecule has 0 bridgehead atoms. The first-order valence-corrected chi connectivity index (χ1v) is 6.02. The fourth-order valence-electron chi connectivity index (χ4n) is 1.46. The minimum Gasteiger partial charge on any atom is -0.392 e. The summed E-state index contributed by atoms with van der Waals surface area (Å²) in [6.07, 6.45) is 7.44. The van der Waals surface area contributed by atoms with Gasteiger partial charge in [0.1, 0.15) is 0 Å². The van der Waals surface area contributed by atoms with E-state index in [1.807, 2.05) is 0 Å². The van der Waals surface area contributed by atoms with Crippen molar-refractivity contribution in [3.8, 4) is 0 Å². The quantitative estimate of drug-likeness (QED) is 0.660. The predicted molar refractivity (Wildman–Crippen MR) is 72.5 cm³/mol. The Kier molecular flexibility index (Phi) is 7.92. The van der Waals surface area contributed by atoms with Gasteiger partial charge in [-0.15, -0.1) is 0 Å². The van der Waals surface area contributed by atoms with Crippen LogP contribution in [0.5, 0.6) is 0 Å². The van der Waals surface area contributed by atoms with E-state index in [1.54, 1.807) is 0 Å². The molecule has 0 unspecified atom stereocenters. The van der Waals surface area contributed by atoms with Gasteiger partial charge in [0.2, 0.25) is 0 Å². The summed E-state index contributed by atoms with van der Waals surface area (Å²) in [5, 5.41) is 9.32. The maximum absolute atomic E-state index is 9.32. The molecule has 1 nitrogen and oxygen atoms in total. The molecule has 0 spiro atoms. The maximum Gasteiger partial charge on any atom is 0.0647 e. The molecule has 0 aromatic carbocycles. The highest BCUT2D eigenvalue weighted by Crippen LogP contribution is 2.15. The van der Waals surface area contributed by atoms with Crippen LogP contribution in [0.15, 0.2) is 34.4 Å². The molecule has 0 saturated heterocycles. The van der Waals surface area contributed by atoms with Gasteiger partial charge in [0.15, 0.2) is 0 Å². The van der Waals surface area contributed by atoms with Crippen molar-refractivity contribution in [2.75, 3.05) is 6.61 Å². The molecule has 16 heavy (non-hydrogen) atoms. The number of allylic oxidation sites excluding steroid dienone is 5. The Bertz CT molecular complexity index is 285. The van der Waals surface area contributed by atoms with Crippen LogP contribution in [0.4, 0.5) is 0 Å². The first-order valence-electron chi connectivity index (χ1n) is 6.02. The molecule has 0 aromatic rings. The van der Waals surface area contributed by atoms with Gasteiger partial charge in [0.25, 0.3) is 0 Å². The first-order chi connectivity index (χ1) is 7.47. The Labute approximate surface area is 101 Å². The van der Waals surface area contributed by atoms with E-state index in [9.17, 15) is 5.11 Å². The molecule has 0 saturated carbocycles. The minimum absolute atomic E-state index is 0.185. The molecule has 0 rings (SSSR count). The summed E-state index contributed by atoms with van der Waals surface area (Å²) in [7, 11) is 0. The zero-order valence-corrected chi connectivity index (χ0v) is 11.4. The molecule has 0 atom stereocenters. The molecule has 0 amide bonds. The van der Waals surface area contributed by atoms with E-state index in [4.69, 9.17) is 0 Å². The Morgan fingerprint density at radius 3 is 1.94 bits per heavy atom. The normalized spacial score (nSPS) is 11.9. The zero-order chi connectivity index (χ0) is 12.6. The lowest BCUT2D eigenvalue weighted by atomic mass is 10.0. The van der Waals surface area contributed by atoms with Gasteiger partial charge >= 0.3 is 0 Å². The average Bonchev–Trinajstić information content (AvgIpc) is 2.17. The number of hydrogen-bond acceptors (Lipinski definition) is 1. The summed E-state index contributed by atoms with van der Waals surface area (Å²) < 4.78 is 0. The van der Waals surface area contributed by atoms with E-state index in [1.165, 1.54) is 22.3 Å². The summed E-state index contributed by atoms with van der Waals surface area (Å²) in [5.41, 5.74) is 5.17. The summed E-state index contributed by atoms with van der Waals surface area (Å²) in [6, 6.07) is 0. The van der Waals surface area contributed by atoms with E-state index in [0.717, 1.165) is 19.3 Å². The molecule has 1 heteroatoms. The SMILES string of the molecule is CC(C)=CCC/C(C)=C(/CO)CC=C(C)C. The van der Waals surface area contributed by atoms with Crippen LogP contribution in [0.1, 0.15) is 53.9 Å². The molecular formula is C15H26O. The third-order valence-electron chi connectivity index (χ3n) is 2.62. The van der Waals surface area contributed by atoms with Crippen LogP contribution in [0.25, 0.3) is 0 Å². The van der Waals surface area contributed by atoms with Crippen LogP contribution < -0.4 is 0 Å².